The molecule has 0 bridgehead atoms. The number of anilines is 1. The van der Waals surface area contributed by atoms with Gasteiger partial charge in [-0.05, 0) is 12.1 Å². The lowest BCUT2D eigenvalue weighted by atomic mass is 10.2. The fourth-order valence-corrected chi connectivity index (χ4v) is 1.08. The van der Waals surface area contributed by atoms with Crippen LogP contribution in [0, 0.1) is 11.3 Å². The van der Waals surface area contributed by atoms with E-state index in [0.29, 0.717) is 17.0 Å². The topological polar surface area (TPSA) is 143 Å². The van der Waals surface area contributed by atoms with E-state index in [-0.39, 0.29) is 5.95 Å². The quantitative estimate of drug-likeness (QED) is 0.590. The molecule has 12 heteroatoms. The lowest BCUT2D eigenvalue weighted by Gasteiger charge is -1.98. The van der Waals surface area contributed by atoms with Crippen LogP contribution in [0.5, 0.6) is 0 Å². The van der Waals surface area contributed by atoms with Crippen LogP contribution < -0.4 is 5.73 Å². The van der Waals surface area contributed by atoms with E-state index in [1.165, 1.54) is 12.5 Å². The second-order valence-corrected chi connectivity index (χ2v) is 4.91. The maximum absolute atomic E-state index is 10.7. The van der Waals surface area contributed by atoms with Gasteiger partial charge in [-0.15, -0.1) is 0 Å². The summed E-state index contributed by atoms with van der Waals surface area (Å²) in [4.78, 5) is 7.66. The molecule has 0 amide bonds. The summed E-state index contributed by atoms with van der Waals surface area (Å²) in [5.41, 5.74) is 0.643. The number of alkyl halides is 3. The van der Waals surface area contributed by atoms with Gasteiger partial charge in [0.25, 0.3) is 0 Å². The smallest absolute Gasteiger partial charge is 0.463 e. The number of nitriles is 1. The zero-order valence-electron chi connectivity index (χ0n) is 10.4. The van der Waals surface area contributed by atoms with Gasteiger partial charge in [-0.1, -0.05) is 0 Å². The van der Waals surface area contributed by atoms with Gasteiger partial charge in [-0.2, -0.15) is 26.9 Å². The molecule has 8 nitrogen and oxygen atoms in total. The number of rotatable bonds is 1. The first-order chi connectivity index (χ1) is 10.1. The van der Waals surface area contributed by atoms with Gasteiger partial charge < -0.3 is 10.2 Å². The van der Waals surface area contributed by atoms with E-state index in [4.69, 9.17) is 28.4 Å². The summed E-state index contributed by atoms with van der Waals surface area (Å²) in [5.74, 6) is 0.631. The van der Waals surface area contributed by atoms with Crippen LogP contribution in [-0.4, -0.2) is 28.4 Å². The molecule has 0 aliphatic rings. The fourth-order valence-electron chi connectivity index (χ4n) is 1.08. The highest BCUT2D eigenvalue weighted by Gasteiger charge is 2.44. The van der Waals surface area contributed by atoms with Crippen LogP contribution in [0.25, 0.3) is 11.5 Å². The summed E-state index contributed by atoms with van der Waals surface area (Å²) in [5, 5.41) is 8.80. The minimum atomic E-state index is -5.84. The third kappa shape index (κ3) is 4.43. The molecule has 0 saturated carbocycles. The highest BCUT2D eigenvalue weighted by atomic mass is 32.2. The molecule has 0 radical (unpaired) electrons. The molecule has 2 aromatic rings. The van der Waals surface area contributed by atoms with Crippen molar-refractivity contribution in [2.24, 2.45) is 0 Å². The number of nitrogen functional groups attached to an aromatic ring is 1. The maximum atomic E-state index is 10.7. The minimum absolute atomic E-state index is 0.121. The standard InChI is InChI=1S/C9H6N4O.CHF3O3S/c10-4-6-5-12-9(11)13-8(6)7-2-1-3-14-7;2-1(3,4)8(5,6)7/h1-3,5H,(H2,11,12,13);(H,5,6,7). The molecule has 22 heavy (non-hydrogen) atoms. The van der Waals surface area contributed by atoms with Gasteiger partial charge in [0.15, 0.2) is 5.76 Å². The average molecular weight is 336 g/mol. The number of hydrogen-bond acceptors (Lipinski definition) is 7. The molecular weight excluding hydrogens is 329 g/mol. The van der Waals surface area contributed by atoms with Crippen molar-refractivity contribution in [2.75, 3.05) is 5.73 Å². The molecule has 2 rings (SSSR count). The largest absolute Gasteiger partial charge is 0.522 e. The highest BCUT2D eigenvalue weighted by molar-refractivity contribution is 7.86. The molecule has 3 N–H and O–H groups in total. The summed E-state index contributed by atoms with van der Waals surface area (Å²) in [6, 6.07) is 5.40. The van der Waals surface area contributed by atoms with Crippen molar-refractivity contribution >= 4 is 16.1 Å². The van der Waals surface area contributed by atoms with Crippen molar-refractivity contribution < 1.29 is 30.6 Å². The first-order valence-corrected chi connectivity index (χ1v) is 6.60. The number of halogens is 3. The van der Waals surface area contributed by atoms with E-state index in [1.54, 1.807) is 12.1 Å². The molecule has 0 aliphatic carbocycles. The van der Waals surface area contributed by atoms with Crippen molar-refractivity contribution in [1.82, 2.24) is 9.97 Å². The van der Waals surface area contributed by atoms with Gasteiger partial charge in [0, 0.05) is 0 Å². The number of aromatic nitrogens is 2. The molecule has 0 fully saturated rings. The van der Waals surface area contributed by atoms with Crippen LogP contribution in [0.4, 0.5) is 19.1 Å². The fraction of sp³-hybridized carbons (Fsp3) is 0.100. The van der Waals surface area contributed by atoms with Crippen molar-refractivity contribution in [2.45, 2.75) is 5.51 Å². The first kappa shape index (κ1) is 17.4. The molecule has 0 atom stereocenters. The van der Waals surface area contributed by atoms with Crippen molar-refractivity contribution in [3.8, 4) is 17.5 Å². The van der Waals surface area contributed by atoms with E-state index < -0.39 is 15.6 Å². The molecule has 0 spiro atoms. The molecule has 0 unspecified atom stereocenters. The highest BCUT2D eigenvalue weighted by Crippen LogP contribution is 2.21. The normalized spacial score (nSPS) is 11.2. The first-order valence-electron chi connectivity index (χ1n) is 5.16. The van der Waals surface area contributed by atoms with Crippen molar-refractivity contribution in [3.63, 3.8) is 0 Å². The maximum Gasteiger partial charge on any atom is 0.522 e. The molecule has 2 heterocycles. The Hall–Kier alpha value is -2.65. The van der Waals surface area contributed by atoms with E-state index in [9.17, 15) is 13.2 Å². The van der Waals surface area contributed by atoms with E-state index in [0.717, 1.165) is 0 Å². The summed E-state index contributed by atoms with van der Waals surface area (Å²) < 4.78 is 62.7. The van der Waals surface area contributed by atoms with Gasteiger partial charge >= 0.3 is 15.6 Å². The Balaban J connectivity index is 0.000000261. The van der Waals surface area contributed by atoms with Crippen molar-refractivity contribution in [3.05, 3.63) is 30.2 Å². The Labute approximate surface area is 121 Å². The van der Waals surface area contributed by atoms with Gasteiger partial charge in [0.2, 0.25) is 5.95 Å². The van der Waals surface area contributed by atoms with E-state index in [2.05, 4.69) is 9.97 Å². The predicted molar refractivity (Wildman–Crippen MR) is 66.5 cm³/mol. The molecule has 2 aromatic heterocycles. The second-order valence-electron chi connectivity index (χ2n) is 3.50. The predicted octanol–water partition coefficient (Wildman–Crippen LogP) is 1.58. The zero-order chi connectivity index (χ0) is 17.0. The third-order valence-corrected chi connectivity index (χ3v) is 2.56. The van der Waals surface area contributed by atoms with Crippen LogP contribution >= 0.6 is 0 Å². The third-order valence-electron chi connectivity index (χ3n) is 1.97. The Kier molecular flexibility index (Phi) is 5.07. The molecule has 0 aromatic carbocycles. The Morgan fingerprint density at radius 1 is 1.41 bits per heavy atom. The lowest BCUT2D eigenvalue weighted by molar-refractivity contribution is -0.0510. The second kappa shape index (κ2) is 6.41. The van der Waals surface area contributed by atoms with Crippen LogP contribution in [0.1, 0.15) is 5.56 Å². The van der Waals surface area contributed by atoms with Crippen LogP contribution in [0.15, 0.2) is 29.0 Å². The van der Waals surface area contributed by atoms with Crippen LogP contribution in [0.2, 0.25) is 0 Å². The van der Waals surface area contributed by atoms with Crippen LogP contribution in [-0.2, 0) is 10.1 Å². The summed E-state index contributed by atoms with van der Waals surface area (Å²) in [6.07, 6.45) is 2.88. The number of hydrogen-bond donors (Lipinski definition) is 2. The summed E-state index contributed by atoms with van der Waals surface area (Å²) in [6.45, 7) is 0. The van der Waals surface area contributed by atoms with Gasteiger partial charge in [0.05, 0.1) is 12.5 Å². The number of furan rings is 1. The SMILES string of the molecule is N#Cc1cnc(N)nc1-c1ccco1.O=S(=O)(O)C(F)(F)F. The van der Waals surface area contributed by atoms with Crippen molar-refractivity contribution in [1.29, 1.82) is 5.26 Å². The molecular formula is C10H7F3N4O4S. The molecule has 0 aliphatic heterocycles. The van der Waals surface area contributed by atoms with E-state index >= 15 is 0 Å². The zero-order valence-corrected chi connectivity index (χ0v) is 11.3. The summed E-state index contributed by atoms with van der Waals surface area (Å²) in [7, 11) is -5.84. The Morgan fingerprint density at radius 3 is 2.41 bits per heavy atom. The Bertz CT molecular complexity index is 781. The van der Waals surface area contributed by atoms with Gasteiger partial charge in [-0.25, -0.2) is 9.97 Å². The summed E-state index contributed by atoms with van der Waals surface area (Å²) >= 11 is 0. The van der Waals surface area contributed by atoms with Crippen LogP contribution in [0.3, 0.4) is 0 Å². The van der Waals surface area contributed by atoms with E-state index in [1.807, 2.05) is 6.07 Å². The lowest BCUT2D eigenvalue weighted by Crippen LogP contribution is -2.21. The van der Waals surface area contributed by atoms with Gasteiger partial charge in [-0.3, -0.25) is 4.55 Å². The average Bonchev–Trinajstić information content (AvgIpc) is 2.90. The minimum Gasteiger partial charge on any atom is -0.463 e. The molecule has 0 saturated heterocycles. The Morgan fingerprint density at radius 2 is 2.00 bits per heavy atom. The monoisotopic (exact) mass is 336 g/mol. The molecule has 118 valence electrons. The number of nitrogens with two attached hydrogens (primary N) is 1. The number of nitrogens with zero attached hydrogens (tertiary/aromatic N) is 3. The van der Waals surface area contributed by atoms with Gasteiger partial charge in [0.1, 0.15) is 17.3 Å².